The molecule has 8 nitrogen and oxygen atoms in total. The fourth-order valence-corrected chi connectivity index (χ4v) is 3.49. The number of nitrogens with one attached hydrogen (secondary N) is 2. The number of benzene rings is 1. The molecule has 0 fully saturated rings. The average molecular weight is 388 g/mol. The third kappa shape index (κ3) is 5.28. The first kappa shape index (κ1) is 18.9. The molecule has 0 saturated carbocycles. The molecule has 3 rings (SSSR count). The van der Waals surface area contributed by atoms with Crippen molar-refractivity contribution in [2.75, 3.05) is 6.54 Å². The molecule has 2 aromatic heterocycles. The van der Waals surface area contributed by atoms with Crippen LogP contribution in [0.3, 0.4) is 0 Å². The largest absolute Gasteiger partial charge is 0.468 e. The van der Waals surface area contributed by atoms with Gasteiger partial charge in [-0.25, -0.2) is 18.1 Å². The Kier molecular flexibility index (Phi) is 6.05. The highest BCUT2D eigenvalue weighted by Gasteiger charge is 2.16. The molecule has 0 bridgehead atoms. The van der Waals surface area contributed by atoms with E-state index >= 15 is 0 Å². The number of imidazole rings is 1. The number of aromatic nitrogens is 2. The number of rotatable bonds is 9. The Morgan fingerprint density at radius 2 is 2.11 bits per heavy atom. The smallest absolute Gasteiger partial charge is 0.251 e. The molecule has 2 heterocycles. The number of carbonyl (C=O) groups is 1. The summed E-state index contributed by atoms with van der Waals surface area (Å²) in [4.78, 5) is 16.3. The minimum absolute atomic E-state index is 0.0279. The van der Waals surface area contributed by atoms with E-state index < -0.39 is 10.0 Å². The first-order valence-corrected chi connectivity index (χ1v) is 9.89. The van der Waals surface area contributed by atoms with E-state index in [1.807, 2.05) is 10.8 Å². The maximum Gasteiger partial charge on any atom is 0.251 e. The minimum Gasteiger partial charge on any atom is -0.468 e. The lowest BCUT2D eigenvalue weighted by Crippen LogP contribution is -2.26. The normalized spacial score (nSPS) is 11.4. The third-order valence-corrected chi connectivity index (χ3v) is 5.26. The van der Waals surface area contributed by atoms with Crippen LogP contribution in [0.1, 0.15) is 22.5 Å². The van der Waals surface area contributed by atoms with Crippen LogP contribution in [0.2, 0.25) is 0 Å². The van der Waals surface area contributed by atoms with E-state index in [1.165, 1.54) is 18.4 Å². The second-order valence-corrected chi connectivity index (χ2v) is 7.61. The van der Waals surface area contributed by atoms with Crippen molar-refractivity contribution in [3.05, 3.63) is 72.7 Å². The van der Waals surface area contributed by atoms with Crippen molar-refractivity contribution in [3.8, 4) is 0 Å². The van der Waals surface area contributed by atoms with Gasteiger partial charge in [0.15, 0.2) is 0 Å². The highest BCUT2D eigenvalue weighted by Crippen LogP contribution is 2.12. The van der Waals surface area contributed by atoms with Crippen molar-refractivity contribution in [2.24, 2.45) is 0 Å². The van der Waals surface area contributed by atoms with Crippen LogP contribution in [0.25, 0.3) is 0 Å². The number of aryl methyl sites for hydroxylation is 1. The van der Waals surface area contributed by atoms with Crippen LogP contribution in [-0.2, 0) is 23.1 Å². The first-order chi connectivity index (χ1) is 13.0. The van der Waals surface area contributed by atoms with Crippen LogP contribution in [0, 0.1) is 0 Å². The van der Waals surface area contributed by atoms with Gasteiger partial charge in [-0.3, -0.25) is 4.79 Å². The molecular formula is C18H20N4O4S. The van der Waals surface area contributed by atoms with Gasteiger partial charge in [0.2, 0.25) is 10.0 Å². The van der Waals surface area contributed by atoms with Gasteiger partial charge in [0.1, 0.15) is 5.76 Å². The number of nitrogens with zero attached hydrogens (tertiary/aromatic N) is 2. The maximum atomic E-state index is 12.4. The fourth-order valence-electron chi connectivity index (χ4n) is 2.45. The predicted octanol–water partition coefficient (Wildman–Crippen LogP) is 1.77. The van der Waals surface area contributed by atoms with Crippen LogP contribution in [0.5, 0.6) is 0 Å². The van der Waals surface area contributed by atoms with Gasteiger partial charge in [0.25, 0.3) is 5.91 Å². The van der Waals surface area contributed by atoms with E-state index in [2.05, 4.69) is 15.0 Å². The van der Waals surface area contributed by atoms with E-state index in [4.69, 9.17) is 4.42 Å². The Morgan fingerprint density at radius 3 is 2.85 bits per heavy atom. The molecule has 27 heavy (non-hydrogen) atoms. The molecule has 0 spiro atoms. The zero-order valence-electron chi connectivity index (χ0n) is 14.5. The lowest BCUT2D eigenvalue weighted by atomic mass is 10.2. The van der Waals surface area contributed by atoms with Gasteiger partial charge >= 0.3 is 0 Å². The predicted molar refractivity (Wildman–Crippen MR) is 98.4 cm³/mol. The summed E-state index contributed by atoms with van der Waals surface area (Å²) in [7, 11) is -3.75. The highest BCUT2D eigenvalue weighted by molar-refractivity contribution is 7.89. The van der Waals surface area contributed by atoms with Crippen LogP contribution in [0.15, 0.2) is 70.7 Å². The Bertz CT molecular complexity index is 967. The number of amides is 1. The van der Waals surface area contributed by atoms with Gasteiger partial charge in [0, 0.05) is 31.0 Å². The van der Waals surface area contributed by atoms with Crippen LogP contribution in [0.4, 0.5) is 0 Å². The van der Waals surface area contributed by atoms with E-state index in [-0.39, 0.29) is 17.3 Å². The number of hydrogen-bond donors (Lipinski definition) is 2. The van der Waals surface area contributed by atoms with Crippen LogP contribution >= 0.6 is 0 Å². The van der Waals surface area contributed by atoms with Crippen molar-refractivity contribution < 1.29 is 17.6 Å². The molecule has 0 saturated heterocycles. The molecule has 9 heteroatoms. The first-order valence-electron chi connectivity index (χ1n) is 8.41. The molecule has 0 atom stereocenters. The van der Waals surface area contributed by atoms with Crippen molar-refractivity contribution in [1.82, 2.24) is 19.6 Å². The van der Waals surface area contributed by atoms with Crippen molar-refractivity contribution >= 4 is 15.9 Å². The summed E-state index contributed by atoms with van der Waals surface area (Å²) in [6, 6.07) is 9.28. The van der Waals surface area contributed by atoms with Gasteiger partial charge in [-0.05, 0) is 36.8 Å². The third-order valence-electron chi connectivity index (χ3n) is 3.86. The number of carbonyl (C=O) groups excluding carboxylic acids is 1. The molecule has 0 aliphatic rings. The Morgan fingerprint density at radius 1 is 1.22 bits per heavy atom. The Balaban J connectivity index is 1.56. The van der Waals surface area contributed by atoms with Gasteiger partial charge in [-0.2, -0.15) is 0 Å². The van der Waals surface area contributed by atoms with Gasteiger partial charge in [-0.1, -0.05) is 6.07 Å². The van der Waals surface area contributed by atoms with Gasteiger partial charge in [0.05, 0.1) is 24.0 Å². The Labute approximate surface area is 157 Å². The molecule has 142 valence electrons. The zero-order chi connectivity index (χ0) is 19.1. The molecule has 0 radical (unpaired) electrons. The molecule has 2 N–H and O–H groups in total. The van der Waals surface area contributed by atoms with E-state index in [0.717, 1.165) is 13.0 Å². The van der Waals surface area contributed by atoms with Crippen molar-refractivity contribution in [2.45, 2.75) is 24.4 Å². The lowest BCUT2D eigenvalue weighted by molar-refractivity contribution is 0.0952. The fraction of sp³-hybridized carbons (Fsp3) is 0.222. The topological polar surface area (TPSA) is 106 Å². The summed E-state index contributed by atoms with van der Waals surface area (Å²) >= 11 is 0. The quantitative estimate of drug-likeness (QED) is 0.544. The van der Waals surface area contributed by atoms with Crippen molar-refractivity contribution in [1.29, 1.82) is 0 Å². The molecule has 0 aliphatic heterocycles. The van der Waals surface area contributed by atoms with Gasteiger partial charge in [-0.15, -0.1) is 0 Å². The number of hydrogen-bond acceptors (Lipinski definition) is 5. The summed E-state index contributed by atoms with van der Waals surface area (Å²) in [5.74, 6) is 0.189. The van der Waals surface area contributed by atoms with Gasteiger partial charge < -0.3 is 14.3 Å². The Hall–Kier alpha value is -2.91. The molecule has 1 amide bonds. The molecule has 0 aliphatic carbocycles. The number of sulfonamides is 1. The van der Waals surface area contributed by atoms with Crippen LogP contribution < -0.4 is 10.0 Å². The summed E-state index contributed by atoms with van der Waals surface area (Å²) in [6.07, 6.45) is 7.48. The molecular weight excluding hydrogens is 368 g/mol. The SMILES string of the molecule is O=C(NCCCn1ccnc1)c1cccc(S(=O)(=O)NCc2ccco2)c1. The summed E-state index contributed by atoms with van der Waals surface area (Å²) in [6.45, 7) is 1.26. The van der Waals surface area contributed by atoms with E-state index in [9.17, 15) is 13.2 Å². The average Bonchev–Trinajstić information content (AvgIpc) is 3.37. The molecule has 1 aromatic carbocycles. The summed E-state index contributed by atoms with van der Waals surface area (Å²) in [5.41, 5.74) is 0.290. The van der Waals surface area contributed by atoms with Crippen molar-refractivity contribution in [3.63, 3.8) is 0 Å². The second-order valence-electron chi connectivity index (χ2n) is 5.84. The number of furan rings is 1. The van der Waals surface area contributed by atoms with E-state index in [1.54, 1.807) is 36.8 Å². The van der Waals surface area contributed by atoms with Crippen LogP contribution in [-0.4, -0.2) is 30.4 Å². The van der Waals surface area contributed by atoms with E-state index in [0.29, 0.717) is 17.9 Å². The standard InChI is InChI=1S/C18H20N4O4S/c23-18(20-7-3-9-22-10-8-19-14-22)15-4-1-6-17(12-15)27(24,25)21-13-16-5-2-11-26-16/h1-2,4-6,8,10-12,14,21H,3,7,9,13H2,(H,20,23). The summed E-state index contributed by atoms with van der Waals surface area (Å²) in [5, 5.41) is 2.79. The maximum absolute atomic E-state index is 12.4. The molecule has 0 unspecified atom stereocenters. The summed E-state index contributed by atoms with van der Waals surface area (Å²) < 4.78 is 34.3. The monoisotopic (exact) mass is 388 g/mol. The zero-order valence-corrected chi connectivity index (χ0v) is 15.4. The second kappa shape index (κ2) is 8.65. The molecule has 3 aromatic rings. The lowest BCUT2D eigenvalue weighted by Gasteiger charge is -2.09. The highest BCUT2D eigenvalue weighted by atomic mass is 32.2. The minimum atomic E-state index is -3.75.